The Balaban J connectivity index is 2.47. The predicted molar refractivity (Wildman–Crippen MR) is 58.8 cm³/mol. The van der Waals surface area contributed by atoms with E-state index in [-0.39, 0.29) is 0 Å². The van der Waals surface area contributed by atoms with Crippen molar-refractivity contribution in [1.82, 2.24) is 14.8 Å². The average Bonchev–Trinajstić information content (AvgIpc) is 2.57. The van der Waals surface area contributed by atoms with E-state index in [1.165, 1.54) is 0 Å². The van der Waals surface area contributed by atoms with Gasteiger partial charge in [-0.25, -0.2) is 9.67 Å². The first-order valence-electron chi connectivity index (χ1n) is 3.99. The largest absolute Gasteiger partial charge is 0.236 e. The Kier molecular flexibility index (Phi) is 2.56. The van der Waals surface area contributed by atoms with Gasteiger partial charge in [-0.3, -0.25) is 0 Å². The third-order valence-corrected chi connectivity index (χ3v) is 2.84. The van der Waals surface area contributed by atoms with Gasteiger partial charge in [0.15, 0.2) is 5.82 Å². The first-order chi connectivity index (χ1) is 6.66. The van der Waals surface area contributed by atoms with Crippen molar-refractivity contribution in [3.63, 3.8) is 0 Å². The predicted octanol–water partition coefficient (Wildman–Crippen LogP) is 2.99. The molecule has 3 nitrogen and oxygen atoms in total. The molecule has 0 fully saturated rings. The molecular formula is C9H7BrClN3. The number of pyridine rings is 1. The van der Waals surface area contributed by atoms with Gasteiger partial charge in [0.2, 0.25) is 0 Å². The van der Waals surface area contributed by atoms with E-state index in [1.807, 2.05) is 13.0 Å². The number of rotatable bonds is 1. The van der Waals surface area contributed by atoms with Crippen LogP contribution in [0.3, 0.4) is 0 Å². The Labute approximate surface area is 94.9 Å². The van der Waals surface area contributed by atoms with Crippen LogP contribution < -0.4 is 0 Å². The molecule has 0 aliphatic rings. The normalized spacial score (nSPS) is 10.5. The quantitative estimate of drug-likeness (QED) is 0.799. The Morgan fingerprint density at radius 2 is 2.21 bits per heavy atom. The number of aromatic nitrogens is 3. The van der Waals surface area contributed by atoms with Crippen LogP contribution in [0.5, 0.6) is 0 Å². The lowest BCUT2D eigenvalue weighted by Gasteiger charge is -2.02. The van der Waals surface area contributed by atoms with Gasteiger partial charge in [-0.15, -0.1) is 0 Å². The molecule has 2 heterocycles. The van der Waals surface area contributed by atoms with Crippen molar-refractivity contribution in [2.45, 2.75) is 6.92 Å². The van der Waals surface area contributed by atoms with E-state index in [4.69, 9.17) is 11.6 Å². The van der Waals surface area contributed by atoms with Crippen LogP contribution >= 0.6 is 27.5 Å². The van der Waals surface area contributed by atoms with Crippen LogP contribution in [-0.4, -0.2) is 14.8 Å². The summed E-state index contributed by atoms with van der Waals surface area (Å²) in [6, 6.07) is 1.94. The van der Waals surface area contributed by atoms with Crippen molar-refractivity contribution in [1.29, 1.82) is 0 Å². The fourth-order valence-corrected chi connectivity index (χ4v) is 1.43. The molecule has 0 amide bonds. The summed E-state index contributed by atoms with van der Waals surface area (Å²) in [5.74, 6) is 0.762. The number of hydrogen-bond acceptors (Lipinski definition) is 2. The van der Waals surface area contributed by atoms with E-state index in [0.717, 1.165) is 15.9 Å². The van der Waals surface area contributed by atoms with Gasteiger partial charge in [0.25, 0.3) is 0 Å². The second-order valence-electron chi connectivity index (χ2n) is 2.89. The molecule has 0 aliphatic heterocycles. The summed E-state index contributed by atoms with van der Waals surface area (Å²) in [5.41, 5.74) is 1.11. The van der Waals surface area contributed by atoms with Gasteiger partial charge in [0.1, 0.15) is 0 Å². The Hall–Kier alpha value is -0.870. The van der Waals surface area contributed by atoms with E-state index < -0.39 is 0 Å². The maximum Gasteiger partial charge on any atom is 0.153 e. The van der Waals surface area contributed by atoms with E-state index in [9.17, 15) is 0 Å². The van der Waals surface area contributed by atoms with Crippen LogP contribution in [0.25, 0.3) is 5.82 Å². The van der Waals surface area contributed by atoms with Crippen LogP contribution in [0.1, 0.15) is 5.56 Å². The highest BCUT2D eigenvalue weighted by Gasteiger charge is 2.02. The topological polar surface area (TPSA) is 30.7 Å². The molecule has 2 aromatic rings. The minimum atomic E-state index is 0.604. The first kappa shape index (κ1) is 9.68. The first-order valence-corrected chi connectivity index (χ1v) is 5.16. The van der Waals surface area contributed by atoms with Crippen LogP contribution in [-0.2, 0) is 0 Å². The molecule has 14 heavy (non-hydrogen) atoms. The van der Waals surface area contributed by atoms with Gasteiger partial charge in [0.05, 0.1) is 17.4 Å². The van der Waals surface area contributed by atoms with Crippen LogP contribution in [0, 0.1) is 6.92 Å². The highest BCUT2D eigenvalue weighted by atomic mass is 79.9. The van der Waals surface area contributed by atoms with Crippen molar-refractivity contribution in [2.24, 2.45) is 0 Å². The van der Waals surface area contributed by atoms with E-state index in [1.54, 1.807) is 23.3 Å². The summed E-state index contributed by atoms with van der Waals surface area (Å²) >= 11 is 9.15. The smallest absolute Gasteiger partial charge is 0.153 e. The van der Waals surface area contributed by atoms with Crippen molar-refractivity contribution in [3.05, 3.63) is 39.7 Å². The third-order valence-electron chi connectivity index (χ3n) is 1.82. The molecule has 0 saturated carbocycles. The second kappa shape index (κ2) is 3.71. The Morgan fingerprint density at radius 1 is 1.43 bits per heavy atom. The summed E-state index contributed by atoms with van der Waals surface area (Å²) in [6.45, 7) is 2.00. The monoisotopic (exact) mass is 271 g/mol. The van der Waals surface area contributed by atoms with E-state index in [2.05, 4.69) is 26.0 Å². The molecule has 0 N–H and O–H groups in total. The minimum Gasteiger partial charge on any atom is -0.236 e. The molecular weight excluding hydrogens is 265 g/mol. The molecule has 2 aromatic heterocycles. The number of halogens is 2. The Morgan fingerprint density at radius 3 is 2.79 bits per heavy atom. The van der Waals surface area contributed by atoms with Gasteiger partial charge >= 0.3 is 0 Å². The fraction of sp³-hybridized carbons (Fsp3) is 0.111. The van der Waals surface area contributed by atoms with Gasteiger partial charge in [-0.1, -0.05) is 11.6 Å². The SMILES string of the molecule is Cc1cc(-n2cc(Cl)cn2)ncc1Br. The summed E-state index contributed by atoms with van der Waals surface area (Å²) in [5, 5.41) is 4.67. The molecule has 0 spiro atoms. The number of nitrogens with zero attached hydrogens (tertiary/aromatic N) is 3. The second-order valence-corrected chi connectivity index (χ2v) is 4.19. The maximum absolute atomic E-state index is 5.76. The van der Waals surface area contributed by atoms with Gasteiger partial charge < -0.3 is 0 Å². The van der Waals surface area contributed by atoms with Crippen molar-refractivity contribution in [3.8, 4) is 5.82 Å². The molecule has 0 radical (unpaired) electrons. The zero-order valence-electron chi connectivity index (χ0n) is 7.41. The summed E-state index contributed by atoms with van der Waals surface area (Å²) in [7, 11) is 0. The molecule has 2 rings (SSSR count). The van der Waals surface area contributed by atoms with Crippen LogP contribution in [0.15, 0.2) is 29.1 Å². The van der Waals surface area contributed by atoms with Crippen LogP contribution in [0.4, 0.5) is 0 Å². The lowest BCUT2D eigenvalue weighted by Crippen LogP contribution is -1.98. The van der Waals surface area contributed by atoms with Crippen molar-refractivity contribution in [2.75, 3.05) is 0 Å². The van der Waals surface area contributed by atoms with E-state index >= 15 is 0 Å². The number of hydrogen-bond donors (Lipinski definition) is 0. The molecule has 0 unspecified atom stereocenters. The maximum atomic E-state index is 5.76. The number of aryl methyl sites for hydroxylation is 1. The third kappa shape index (κ3) is 1.81. The molecule has 5 heteroatoms. The van der Waals surface area contributed by atoms with Gasteiger partial charge in [-0.05, 0) is 34.5 Å². The molecule has 0 aliphatic carbocycles. The van der Waals surface area contributed by atoms with Gasteiger partial charge in [-0.2, -0.15) is 5.10 Å². The molecule has 0 bridgehead atoms. The van der Waals surface area contributed by atoms with E-state index in [0.29, 0.717) is 5.02 Å². The lowest BCUT2D eigenvalue weighted by atomic mass is 10.3. The lowest BCUT2D eigenvalue weighted by molar-refractivity contribution is 0.844. The molecule has 0 saturated heterocycles. The fourth-order valence-electron chi connectivity index (χ4n) is 1.08. The zero-order chi connectivity index (χ0) is 10.1. The van der Waals surface area contributed by atoms with Gasteiger partial charge in [0, 0.05) is 10.7 Å². The zero-order valence-corrected chi connectivity index (χ0v) is 9.75. The van der Waals surface area contributed by atoms with Crippen molar-refractivity contribution >= 4 is 27.5 Å². The Bertz CT molecular complexity index is 467. The minimum absolute atomic E-state index is 0.604. The molecule has 72 valence electrons. The summed E-state index contributed by atoms with van der Waals surface area (Å²) in [6.07, 6.45) is 5.05. The summed E-state index contributed by atoms with van der Waals surface area (Å²) < 4.78 is 2.63. The highest BCUT2D eigenvalue weighted by molar-refractivity contribution is 9.10. The average molecular weight is 273 g/mol. The van der Waals surface area contributed by atoms with Crippen LogP contribution in [0.2, 0.25) is 5.02 Å². The highest BCUT2D eigenvalue weighted by Crippen LogP contribution is 2.17. The standard InChI is InChI=1S/C9H7BrClN3/c1-6-2-9(12-4-8(6)10)14-5-7(11)3-13-14/h2-5H,1H3. The summed E-state index contributed by atoms with van der Waals surface area (Å²) in [4.78, 5) is 4.22. The molecule has 0 atom stereocenters. The molecule has 0 aromatic carbocycles. The van der Waals surface area contributed by atoms with Crippen molar-refractivity contribution < 1.29 is 0 Å².